The second-order valence-electron chi connectivity index (χ2n) is 5.75. The molecular formula is C16H26N2O5. The van der Waals surface area contributed by atoms with Crippen LogP contribution in [0.15, 0.2) is 12.2 Å². The number of ether oxygens (including phenoxy) is 2. The largest absolute Gasteiger partial charge is 0.466 e. The van der Waals surface area contributed by atoms with Crippen LogP contribution in [-0.2, 0) is 19.1 Å². The molecule has 0 aromatic carbocycles. The first-order chi connectivity index (χ1) is 11.0. The summed E-state index contributed by atoms with van der Waals surface area (Å²) >= 11 is 0. The predicted octanol–water partition coefficient (Wildman–Crippen LogP) is 1.53. The summed E-state index contributed by atoms with van der Waals surface area (Å²) in [6, 6.07) is -0.582. The quantitative estimate of drug-likeness (QED) is 0.546. The molecule has 130 valence electrons. The lowest BCUT2D eigenvalue weighted by Gasteiger charge is -2.22. The van der Waals surface area contributed by atoms with Crippen LogP contribution in [0.25, 0.3) is 0 Å². The average molecular weight is 326 g/mol. The van der Waals surface area contributed by atoms with Gasteiger partial charge in [0.2, 0.25) is 0 Å². The molecule has 1 rings (SSSR count). The minimum absolute atomic E-state index is 0.0290. The minimum atomic E-state index is -0.660. The Morgan fingerprint density at radius 1 is 1.13 bits per heavy atom. The van der Waals surface area contributed by atoms with E-state index in [0.29, 0.717) is 12.5 Å². The Labute approximate surface area is 136 Å². The van der Waals surface area contributed by atoms with E-state index in [9.17, 15) is 14.4 Å². The summed E-state index contributed by atoms with van der Waals surface area (Å²) in [6.07, 6.45) is 8.06. The van der Waals surface area contributed by atoms with Crippen LogP contribution in [0.3, 0.4) is 0 Å². The highest BCUT2D eigenvalue weighted by atomic mass is 16.5. The molecule has 0 bridgehead atoms. The molecule has 0 radical (unpaired) electrons. The molecule has 23 heavy (non-hydrogen) atoms. The van der Waals surface area contributed by atoms with Gasteiger partial charge in [0, 0.05) is 18.7 Å². The van der Waals surface area contributed by atoms with Gasteiger partial charge >= 0.3 is 18.0 Å². The molecule has 0 heterocycles. The molecule has 0 spiro atoms. The van der Waals surface area contributed by atoms with Gasteiger partial charge in [-0.3, -0.25) is 0 Å². The molecule has 1 aliphatic rings. The number of amides is 2. The van der Waals surface area contributed by atoms with Gasteiger partial charge < -0.3 is 20.1 Å². The summed E-state index contributed by atoms with van der Waals surface area (Å²) < 4.78 is 9.27. The summed E-state index contributed by atoms with van der Waals surface area (Å²) in [5, 5.41) is 5.56. The van der Waals surface area contributed by atoms with Gasteiger partial charge in [-0.2, -0.15) is 0 Å². The SMILES string of the molecule is COC(=O)/C=C/C(=O)OC[C@@H](C)NC(=O)NCC1CCCCC1. The van der Waals surface area contributed by atoms with E-state index in [2.05, 4.69) is 15.4 Å². The minimum Gasteiger partial charge on any atom is -0.466 e. The number of hydrogen-bond donors (Lipinski definition) is 2. The van der Waals surface area contributed by atoms with Crippen LogP contribution in [0.2, 0.25) is 0 Å². The van der Waals surface area contributed by atoms with Gasteiger partial charge in [0.05, 0.1) is 13.2 Å². The predicted molar refractivity (Wildman–Crippen MR) is 84.7 cm³/mol. The van der Waals surface area contributed by atoms with Crippen LogP contribution < -0.4 is 10.6 Å². The van der Waals surface area contributed by atoms with Crippen molar-refractivity contribution in [2.75, 3.05) is 20.3 Å². The fraction of sp³-hybridized carbons (Fsp3) is 0.688. The van der Waals surface area contributed by atoms with Gasteiger partial charge in [-0.05, 0) is 25.7 Å². The molecule has 1 atom stereocenters. The number of hydrogen-bond acceptors (Lipinski definition) is 5. The molecular weight excluding hydrogens is 300 g/mol. The third kappa shape index (κ3) is 8.85. The Morgan fingerprint density at radius 3 is 2.43 bits per heavy atom. The maximum atomic E-state index is 11.8. The number of esters is 2. The van der Waals surface area contributed by atoms with E-state index >= 15 is 0 Å². The number of urea groups is 1. The van der Waals surface area contributed by atoms with Crippen LogP contribution in [-0.4, -0.2) is 44.3 Å². The molecule has 0 aromatic rings. The highest BCUT2D eigenvalue weighted by Gasteiger charge is 2.15. The zero-order valence-corrected chi connectivity index (χ0v) is 13.8. The number of nitrogens with one attached hydrogen (secondary N) is 2. The lowest BCUT2D eigenvalue weighted by molar-refractivity contribution is -0.139. The van der Waals surface area contributed by atoms with Crippen LogP contribution >= 0.6 is 0 Å². The molecule has 0 aliphatic heterocycles. The van der Waals surface area contributed by atoms with Crippen molar-refractivity contribution in [1.29, 1.82) is 0 Å². The van der Waals surface area contributed by atoms with Crippen molar-refractivity contribution in [1.82, 2.24) is 10.6 Å². The topological polar surface area (TPSA) is 93.7 Å². The van der Waals surface area contributed by atoms with E-state index in [0.717, 1.165) is 12.2 Å². The van der Waals surface area contributed by atoms with E-state index in [1.807, 2.05) is 0 Å². The fourth-order valence-electron chi connectivity index (χ4n) is 2.40. The van der Waals surface area contributed by atoms with E-state index in [1.54, 1.807) is 6.92 Å². The summed E-state index contributed by atoms with van der Waals surface area (Å²) in [5.74, 6) is -0.729. The van der Waals surface area contributed by atoms with Crippen molar-refractivity contribution < 1.29 is 23.9 Å². The summed E-state index contributed by atoms with van der Waals surface area (Å²) in [5.41, 5.74) is 0. The van der Waals surface area contributed by atoms with Gasteiger partial charge in [-0.15, -0.1) is 0 Å². The Kier molecular flexibility index (Phi) is 8.79. The van der Waals surface area contributed by atoms with E-state index in [-0.39, 0.29) is 18.7 Å². The average Bonchev–Trinajstić information content (AvgIpc) is 2.56. The highest BCUT2D eigenvalue weighted by Crippen LogP contribution is 2.22. The molecule has 0 unspecified atom stereocenters. The lowest BCUT2D eigenvalue weighted by atomic mass is 9.89. The molecule has 0 aromatic heterocycles. The number of rotatable bonds is 7. The standard InChI is InChI=1S/C16H26N2O5/c1-12(11-23-15(20)9-8-14(19)22-2)18-16(21)17-10-13-6-4-3-5-7-13/h8-9,12-13H,3-7,10-11H2,1-2H3,(H2,17,18,21)/b9-8+/t12-/m1/s1. The molecule has 0 saturated heterocycles. The Morgan fingerprint density at radius 2 is 1.78 bits per heavy atom. The Balaban J connectivity index is 2.15. The van der Waals surface area contributed by atoms with Crippen LogP contribution in [0.1, 0.15) is 39.0 Å². The zero-order chi connectivity index (χ0) is 17.1. The van der Waals surface area contributed by atoms with Crippen molar-refractivity contribution >= 4 is 18.0 Å². The Hall–Kier alpha value is -2.05. The van der Waals surface area contributed by atoms with Gasteiger partial charge in [-0.25, -0.2) is 14.4 Å². The first-order valence-electron chi connectivity index (χ1n) is 7.98. The van der Waals surface area contributed by atoms with Crippen molar-refractivity contribution in [3.63, 3.8) is 0 Å². The lowest BCUT2D eigenvalue weighted by Crippen LogP contribution is -2.44. The van der Waals surface area contributed by atoms with Gasteiger partial charge in [0.15, 0.2) is 0 Å². The summed E-state index contributed by atoms with van der Waals surface area (Å²) in [4.78, 5) is 33.9. The molecule has 1 saturated carbocycles. The van der Waals surface area contributed by atoms with Crippen molar-refractivity contribution in [3.8, 4) is 0 Å². The van der Waals surface area contributed by atoms with Gasteiger partial charge in [0.25, 0.3) is 0 Å². The highest BCUT2D eigenvalue weighted by molar-refractivity contribution is 5.91. The molecule has 7 nitrogen and oxygen atoms in total. The molecule has 1 aliphatic carbocycles. The summed E-state index contributed by atoms with van der Waals surface area (Å²) in [7, 11) is 1.22. The normalized spacial score (nSPS) is 16.6. The monoisotopic (exact) mass is 326 g/mol. The second kappa shape index (κ2) is 10.6. The zero-order valence-electron chi connectivity index (χ0n) is 13.8. The van der Waals surface area contributed by atoms with Crippen molar-refractivity contribution in [3.05, 3.63) is 12.2 Å². The first-order valence-corrected chi connectivity index (χ1v) is 7.98. The van der Waals surface area contributed by atoms with E-state index < -0.39 is 11.9 Å². The smallest absolute Gasteiger partial charge is 0.331 e. The molecule has 2 amide bonds. The second-order valence-corrected chi connectivity index (χ2v) is 5.75. The number of methoxy groups -OCH3 is 1. The number of carbonyl (C=O) groups is 3. The summed E-state index contributed by atoms with van der Waals surface area (Å²) in [6.45, 7) is 2.44. The van der Waals surface area contributed by atoms with Gasteiger partial charge in [-0.1, -0.05) is 19.3 Å². The van der Waals surface area contributed by atoms with Crippen LogP contribution in [0.4, 0.5) is 4.79 Å². The molecule has 2 N–H and O–H groups in total. The number of carbonyl (C=O) groups excluding carboxylic acids is 3. The van der Waals surface area contributed by atoms with E-state index in [1.165, 1.54) is 39.2 Å². The first kappa shape index (κ1) is 19.0. The maximum Gasteiger partial charge on any atom is 0.331 e. The Bertz CT molecular complexity index is 430. The van der Waals surface area contributed by atoms with Crippen LogP contribution in [0, 0.1) is 5.92 Å². The van der Waals surface area contributed by atoms with Gasteiger partial charge in [0.1, 0.15) is 6.61 Å². The molecule has 1 fully saturated rings. The van der Waals surface area contributed by atoms with Crippen molar-refractivity contribution in [2.45, 2.75) is 45.1 Å². The third-order valence-electron chi connectivity index (χ3n) is 3.69. The fourth-order valence-corrected chi connectivity index (χ4v) is 2.40. The molecule has 7 heteroatoms. The van der Waals surface area contributed by atoms with Crippen molar-refractivity contribution in [2.24, 2.45) is 5.92 Å². The third-order valence-corrected chi connectivity index (χ3v) is 3.69. The maximum absolute atomic E-state index is 11.8. The van der Waals surface area contributed by atoms with E-state index in [4.69, 9.17) is 4.74 Å². The van der Waals surface area contributed by atoms with Crippen LogP contribution in [0.5, 0.6) is 0 Å².